The van der Waals surface area contributed by atoms with E-state index in [1.165, 1.54) is 18.2 Å². The van der Waals surface area contributed by atoms with Crippen LogP contribution in [-0.2, 0) is 4.79 Å². The molecule has 80 valence electrons. The van der Waals surface area contributed by atoms with Crippen LogP contribution >= 0.6 is 11.6 Å². The fourth-order valence-electron chi connectivity index (χ4n) is 1.30. The summed E-state index contributed by atoms with van der Waals surface area (Å²) in [7, 11) is 0. The Morgan fingerprint density at radius 3 is 2.87 bits per heavy atom. The van der Waals surface area contributed by atoms with E-state index in [9.17, 15) is 9.18 Å². The van der Waals surface area contributed by atoms with Crippen LogP contribution in [0.3, 0.4) is 0 Å². The lowest BCUT2D eigenvalue weighted by Crippen LogP contribution is -2.48. The molecule has 0 spiro atoms. The number of benzene rings is 1. The van der Waals surface area contributed by atoms with Crippen molar-refractivity contribution in [3.8, 4) is 0 Å². The van der Waals surface area contributed by atoms with Crippen molar-refractivity contribution in [3.63, 3.8) is 0 Å². The third kappa shape index (κ3) is 2.27. The first-order chi connectivity index (χ1) is 7.16. The number of anilines is 1. The van der Waals surface area contributed by atoms with Gasteiger partial charge in [-0.15, -0.1) is 0 Å². The van der Waals surface area contributed by atoms with Crippen molar-refractivity contribution in [3.05, 3.63) is 29.0 Å². The second-order valence-corrected chi connectivity index (χ2v) is 3.88. The van der Waals surface area contributed by atoms with Gasteiger partial charge in [0.25, 0.3) is 0 Å². The molecule has 0 bridgehead atoms. The van der Waals surface area contributed by atoms with E-state index in [1.54, 1.807) is 0 Å². The predicted octanol–water partition coefficient (Wildman–Crippen LogP) is 1.64. The molecule has 3 nitrogen and oxygen atoms in total. The second kappa shape index (κ2) is 4.16. The second-order valence-electron chi connectivity index (χ2n) is 3.47. The standard InChI is InChI=1S/C10H10ClFN2O/c11-8-2-1-7(12)3-9(8)14-10(15)6-4-13-5-6/h1-3,6,13H,4-5H2,(H,14,15). The number of halogens is 2. The molecule has 15 heavy (non-hydrogen) atoms. The molecule has 0 atom stereocenters. The fourth-order valence-corrected chi connectivity index (χ4v) is 1.47. The lowest BCUT2D eigenvalue weighted by atomic mass is 10.0. The molecule has 0 saturated carbocycles. The van der Waals surface area contributed by atoms with Crippen LogP contribution in [0.15, 0.2) is 18.2 Å². The molecule has 5 heteroatoms. The van der Waals surface area contributed by atoms with Gasteiger partial charge in [-0.3, -0.25) is 4.79 Å². The number of hydrogen-bond acceptors (Lipinski definition) is 2. The third-order valence-electron chi connectivity index (χ3n) is 2.34. The molecule has 1 heterocycles. The van der Waals surface area contributed by atoms with Crippen LogP contribution in [0.25, 0.3) is 0 Å². The van der Waals surface area contributed by atoms with Gasteiger partial charge in [0.15, 0.2) is 0 Å². The van der Waals surface area contributed by atoms with Gasteiger partial charge < -0.3 is 10.6 Å². The number of rotatable bonds is 2. The van der Waals surface area contributed by atoms with E-state index in [0.717, 1.165) is 0 Å². The molecule has 1 fully saturated rings. The maximum atomic E-state index is 12.9. The zero-order valence-corrected chi connectivity index (χ0v) is 8.64. The van der Waals surface area contributed by atoms with E-state index < -0.39 is 5.82 Å². The maximum Gasteiger partial charge on any atom is 0.230 e. The van der Waals surface area contributed by atoms with Gasteiger partial charge in [-0.25, -0.2) is 4.39 Å². The quantitative estimate of drug-likeness (QED) is 0.808. The highest BCUT2D eigenvalue weighted by Crippen LogP contribution is 2.23. The van der Waals surface area contributed by atoms with Crippen LogP contribution in [0.5, 0.6) is 0 Å². The summed E-state index contributed by atoms with van der Waals surface area (Å²) in [6, 6.07) is 3.89. The summed E-state index contributed by atoms with van der Waals surface area (Å²) in [5, 5.41) is 5.93. The van der Waals surface area contributed by atoms with Gasteiger partial charge in [-0.05, 0) is 18.2 Å². The fraction of sp³-hybridized carbons (Fsp3) is 0.300. The number of nitrogens with one attached hydrogen (secondary N) is 2. The summed E-state index contributed by atoms with van der Waals surface area (Å²) in [6.45, 7) is 1.33. The largest absolute Gasteiger partial charge is 0.324 e. The lowest BCUT2D eigenvalue weighted by Gasteiger charge is -2.25. The molecule has 0 unspecified atom stereocenters. The average molecular weight is 229 g/mol. The Balaban J connectivity index is 2.09. The Morgan fingerprint density at radius 2 is 2.27 bits per heavy atom. The van der Waals surface area contributed by atoms with Crippen LogP contribution in [0.2, 0.25) is 5.02 Å². The summed E-state index contributed by atoms with van der Waals surface area (Å²) < 4.78 is 12.9. The molecule has 2 rings (SSSR count). The van der Waals surface area contributed by atoms with Gasteiger partial charge in [-0.1, -0.05) is 11.6 Å². The Hall–Kier alpha value is -1.13. The van der Waals surface area contributed by atoms with Crippen LogP contribution in [0.1, 0.15) is 0 Å². The van der Waals surface area contributed by atoms with Gasteiger partial charge in [0, 0.05) is 13.1 Å². The molecule has 0 radical (unpaired) electrons. The molecular weight excluding hydrogens is 219 g/mol. The molecule has 1 amide bonds. The minimum atomic E-state index is -0.415. The SMILES string of the molecule is O=C(Nc1cc(F)ccc1Cl)C1CNC1. The Morgan fingerprint density at radius 1 is 1.53 bits per heavy atom. The van der Waals surface area contributed by atoms with Crippen molar-refractivity contribution in [2.75, 3.05) is 18.4 Å². The minimum Gasteiger partial charge on any atom is -0.324 e. The average Bonchev–Trinajstić information content (AvgIpc) is 2.08. The van der Waals surface area contributed by atoms with E-state index >= 15 is 0 Å². The molecule has 1 saturated heterocycles. The topological polar surface area (TPSA) is 41.1 Å². The molecule has 2 N–H and O–H groups in total. The van der Waals surface area contributed by atoms with E-state index in [0.29, 0.717) is 23.8 Å². The molecular formula is C10H10ClFN2O. The highest BCUT2D eigenvalue weighted by molar-refractivity contribution is 6.33. The van der Waals surface area contributed by atoms with Crippen molar-refractivity contribution in [2.24, 2.45) is 5.92 Å². The molecule has 0 aliphatic carbocycles. The Kier molecular flexibility index (Phi) is 2.88. The summed E-state index contributed by atoms with van der Waals surface area (Å²) >= 11 is 5.81. The molecule has 1 aromatic carbocycles. The number of hydrogen-bond donors (Lipinski definition) is 2. The summed E-state index contributed by atoms with van der Waals surface area (Å²) in [5.41, 5.74) is 0.327. The van der Waals surface area contributed by atoms with E-state index in [1.807, 2.05) is 0 Å². The summed E-state index contributed by atoms with van der Waals surface area (Å²) in [5.74, 6) is -0.577. The van der Waals surface area contributed by atoms with E-state index in [4.69, 9.17) is 11.6 Å². The zero-order valence-electron chi connectivity index (χ0n) is 7.89. The molecule has 1 aliphatic heterocycles. The molecule has 1 aromatic rings. The van der Waals surface area contributed by atoms with Gasteiger partial charge in [-0.2, -0.15) is 0 Å². The Labute approximate surface area is 91.6 Å². The highest BCUT2D eigenvalue weighted by Gasteiger charge is 2.25. The van der Waals surface area contributed by atoms with Crippen LogP contribution in [0.4, 0.5) is 10.1 Å². The number of carbonyl (C=O) groups excluding carboxylic acids is 1. The molecule has 1 aliphatic rings. The van der Waals surface area contributed by atoms with Crippen molar-refractivity contribution in [1.29, 1.82) is 0 Å². The first-order valence-electron chi connectivity index (χ1n) is 4.63. The van der Waals surface area contributed by atoms with Crippen molar-refractivity contribution in [1.82, 2.24) is 5.32 Å². The van der Waals surface area contributed by atoms with Crippen LogP contribution < -0.4 is 10.6 Å². The minimum absolute atomic E-state index is 0.0377. The molecule has 0 aromatic heterocycles. The van der Waals surface area contributed by atoms with Crippen LogP contribution in [0, 0.1) is 11.7 Å². The van der Waals surface area contributed by atoms with Crippen molar-refractivity contribution < 1.29 is 9.18 Å². The monoisotopic (exact) mass is 228 g/mol. The van der Waals surface area contributed by atoms with Crippen molar-refractivity contribution >= 4 is 23.2 Å². The smallest absolute Gasteiger partial charge is 0.230 e. The normalized spacial score (nSPS) is 15.9. The van der Waals surface area contributed by atoms with Gasteiger partial charge >= 0.3 is 0 Å². The maximum absolute atomic E-state index is 12.9. The predicted molar refractivity (Wildman–Crippen MR) is 56.4 cm³/mol. The van der Waals surface area contributed by atoms with Gasteiger partial charge in [0.05, 0.1) is 16.6 Å². The van der Waals surface area contributed by atoms with Gasteiger partial charge in [0.1, 0.15) is 5.82 Å². The highest BCUT2D eigenvalue weighted by atomic mass is 35.5. The first-order valence-corrected chi connectivity index (χ1v) is 5.01. The van der Waals surface area contributed by atoms with Gasteiger partial charge in [0.2, 0.25) is 5.91 Å². The first kappa shape index (κ1) is 10.4. The summed E-state index contributed by atoms with van der Waals surface area (Å²) in [4.78, 5) is 11.5. The van der Waals surface area contributed by atoms with E-state index in [-0.39, 0.29) is 11.8 Å². The third-order valence-corrected chi connectivity index (χ3v) is 2.67. The zero-order chi connectivity index (χ0) is 10.8. The number of amides is 1. The number of carbonyl (C=O) groups is 1. The Bertz CT molecular complexity index is 393. The summed E-state index contributed by atoms with van der Waals surface area (Å²) in [6.07, 6.45) is 0. The lowest BCUT2D eigenvalue weighted by molar-refractivity contribution is -0.121. The van der Waals surface area contributed by atoms with Crippen LogP contribution in [-0.4, -0.2) is 19.0 Å². The van der Waals surface area contributed by atoms with E-state index in [2.05, 4.69) is 10.6 Å². The van der Waals surface area contributed by atoms with Crippen molar-refractivity contribution in [2.45, 2.75) is 0 Å².